The van der Waals surface area contributed by atoms with Gasteiger partial charge in [-0.05, 0) is 63.6 Å². The molecule has 0 aromatic heterocycles. The Balaban J connectivity index is 1.69. The van der Waals surface area contributed by atoms with Gasteiger partial charge in [0.25, 0.3) is 5.91 Å². The maximum atomic E-state index is 14.3. The van der Waals surface area contributed by atoms with Gasteiger partial charge < -0.3 is 19.7 Å². The zero-order valence-corrected chi connectivity index (χ0v) is 30.5. The number of ether oxygens (including phenoxy) is 2. The van der Waals surface area contributed by atoms with Crippen molar-refractivity contribution < 1.29 is 27.5 Å². The highest BCUT2D eigenvalue weighted by Gasteiger charge is 2.42. The molecule has 1 heterocycles. The summed E-state index contributed by atoms with van der Waals surface area (Å²) in [4.78, 5) is 29.2. The molecule has 9 nitrogen and oxygen atoms in total. The second kappa shape index (κ2) is 16.2. The molecule has 3 aromatic carbocycles. The van der Waals surface area contributed by atoms with Crippen LogP contribution in [0.25, 0.3) is 0 Å². The van der Waals surface area contributed by atoms with Crippen molar-refractivity contribution in [3.05, 3.63) is 78.4 Å². The molecule has 48 heavy (non-hydrogen) atoms. The fourth-order valence-corrected chi connectivity index (χ4v) is 8.08. The zero-order chi connectivity index (χ0) is 35.0. The third kappa shape index (κ3) is 9.54. The van der Waals surface area contributed by atoms with E-state index >= 15 is 0 Å². The van der Waals surface area contributed by atoms with Crippen molar-refractivity contribution in [3.8, 4) is 5.75 Å². The van der Waals surface area contributed by atoms with Gasteiger partial charge in [-0.1, -0.05) is 88.1 Å². The van der Waals surface area contributed by atoms with Crippen LogP contribution in [-0.2, 0) is 24.3 Å². The Morgan fingerprint density at radius 2 is 1.58 bits per heavy atom. The predicted octanol–water partition coefficient (Wildman–Crippen LogP) is 7.54. The van der Waals surface area contributed by atoms with Gasteiger partial charge in [0.2, 0.25) is 10.0 Å². The first-order chi connectivity index (χ1) is 22.8. The van der Waals surface area contributed by atoms with E-state index < -0.39 is 45.7 Å². The lowest BCUT2D eigenvalue weighted by atomic mass is 9.87. The van der Waals surface area contributed by atoms with E-state index in [1.54, 1.807) is 45.0 Å². The van der Waals surface area contributed by atoms with E-state index in [1.807, 2.05) is 48.7 Å². The number of unbranched alkanes of at least 4 members (excludes halogenated alkanes) is 2. The average molecular weight is 696 g/mol. The zero-order valence-electron chi connectivity index (χ0n) is 28.9. The third-order valence-electron chi connectivity index (χ3n) is 8.16. The number of carbonyl (C=O) groups is 2. The summed E-state index contributed by atoms with van der Waals surface area (Å²) in [5, 5.41) is 2.75. The molecule has 1 aliphatic rings. The highest BCUT2D eigenvalue weighted by Crippen LogP contribution is 2.44. The van der Waals surface area contributed by atoms with Gasteiger partial charge >= 0.3 is 5.97 Å². The standard InChI is InChI=1S/C37H49N3O6S2/c1-7-9-21-37(22-10-8-2)26-40(28-19-15-12-16-20-28)29-23-31(47-6)30(24-32(29)48(43,44)39-37)45-25-33(41)38-34(27-17-13-11-14-18-27)35(42)46-36(3,4)5/h11-20,23-24,34,39H,7-10,21-22,25-26H2,1-6H3,(H,38,41). The van der Waals surface area contributed by atoms with Gasteiger partial charge in [-0.15, -0.1) is 11.8 Å². The van der Waals surface area contributed by atoms with Gasteiger partial charge in [0.05, 0.1) is 16.1 Å². The number of nitrogens with one attached hydrogen (secondary N) is 2. The molecule has 0 saturated carbocycles. The summed E-state index contributed by atoms with van der Waals surface area (Å²) in [6.07, 6.45) is 6.97. The minimum atomic E-state index is -4.00. The molecule has 2 N–H and O–H groups in total. The molecule has 0 bridgehead atoms. The smallest absolute Gasteiger partial charge is 0.333 e. The number of fused-ring (bicyclic) bond motifs is 1. The highest BCUT2D eigenvalue weighted by atomic mass is 32.2. The fourth-order valence-electron chi connectivity index (χ4n) is 5.87. The maximum Gasteiger partial charge on any atom is 0.333 e. The van der Waals surface area contributed by atoms with Crippen LogP contribution in [0.15, 0.2) is 82.6 Å². The van der Waals surface area contributed by atoms with Gasteiger partial charge in [-0.3, -0.25) is 4.79 Å². The number of sulfonamides is 1. The molecule has 3 aromatic rings. The Kier molecular flexibility index (Phi) is 12.6. The van der Waals surface area contributed by atoms with Crippen molar-refractivity contribution in [1.82, 2.24) is 10.0 Å². The molecule has 260 valence electrons. The summed E-state index contributed by atoms with van der Waals surface area (Å²) >= 11 is 1.40. The van der Waals surface area contributed by atoms with E-state index in [0.29, 0.717) is 35.5 Å². The van der Waals surface area contributed by atoms with Crippen molar-refractivity contribution in [3.63, 3.8) is 0 Å². The molecule has 0 aliphatic carbocycles. The molecule has 1 aliphatic heterocycles. The highest BCUT2D eigenvalue weighted by molar-refractivity contribution is 7.98. The molecule has 0 saturated heterocycles. The molecule has 1 amide bonds. The van der Waals surface area contributed by atoms with Crippen LogP contribution in [0.3, 0.4) is 0 Å². The number of carbonyl (C=O) groups excluding carboxylic acids is 2. The maximum absolute atomic E-state index is 14.3. The van der Waals surface area contributed by atoms with Gasteiger partial charge in [0, 0.05) is 18.3 Å². The van der Waals surface area contributed by atoms with Crippen molar-refractivity contribution in [1.29, 1.82) is 0 Å². The Labute approximate surface area is 290 Å². The first-order valence-electron chi connectivity index (χ1n) is 16.6. The number of amides is 1. The Morgan fingerprint density at radius 3 is 2.15 bits per heavy atom. The van der Waals surface area contributed by atoms with Crippen molar-refractivity contribution in [2.75, 3.05) is 24.3 Å². The predicted molar refractivity (Wildman–Crippen MR) is 192 cm³/mol. The van der Waals surface area contributed by atoms with Gasteiger partial charge in [0.15, 0.2) is 12.6 Å². The number of nitrogens with zero attached hydrogens (tertiary/aromatic N) is 1. The summed E-state index contributed by atoms with van der Waals surface area (Å²) in [7, 11) is -4.00. The molecule has 1 unspecified atom stereocenters. The third-order valence-corrected chi connectivity index (χ3v) is 10.5. The molecule has 0 fully saturated rings. The molecule has 1 atom stereocenters. The Morgan fingerprint density at radius 1 is 0.979 bits per heavy atom. The normalized spacial score (nSPS) is 15.9. The van der Waals surface area contributed by atoms with Gasteiger partial charge in [-0.25, -0.2) is 17.9 Å². The van der Waals surface area contributed by atoms with Crippen LogP contribution >= 0.6 is 11.8 Å². The number of hydrogen-bond acceptors (Lipinski definition) is 8. The largest absolute Gasteiger partial charge is 0.483 e. The summed E-state index contributed by atoms with van der Waals surface area (Å²) in [6.45, 7) is 9.56. The number of esters is 1. The molecular formula is C37H49N3O6S2. The van der Waals surface area contributed by atoms with Gasteiger partial charge in [-0.2, -0.15) is 0 Å². The summed E-state index contributed by atoms with van der Waals surface area (Å²) in [5.41, 5.74) is 0.595. The molecule has 11 heteroatoms. The number of thioether (sulfide) groups is 1. The first-order valence-corrected chi connectivity index (χ1v) is 19.3. The van der Waals surface area contributed by atoms with Crippen LogP contribution in [-0.4, -0.2) is 50.8 Å². The molecule has 0 radical (unpaired) electrons. The van der Waals surface area contributed by atoms with E-state index in [9.17, 15) is 18.0 Å². The second-order valence-corrected chi connectivity index (χ2v) is 15.7. The topological polar surface area (TPSA) is 114 Å². The average Bonchev–Trinajstić information content (AvgIpc) is 3.15. The SMILES string of the molecule is CCCCC1(CCCC)CN(c2ccccc2)c2cc(SC)c(OCC(=O)NC(C(=O)OC(C)(C)C)c3ccccc3)cc2S(=O)(=O)N1. The minimum absolute atomic E-state index is 0.0883. The van der Waals surface area contributed by atoms with Crippen molar-refractivity contribution in [2.45, 2.75) is 100 Å². The van der Waals surface area contributed by atoms with Gasteiger partial charge in [0.1, 0.15) is 16.2 Å². The number of benzene rings is 3. The van der Waals surface area contributed by atoms with Crippen molar-refractivity contribution >= 4 is 45.0 Å². The van der Waals surface area contributed by atoms with Crippen LogP contribution in [0.1, 0.15) is 84.7 Å². The van der Waals surface area contributed by atoms with Crippen LogP contribution in [0.2, 0.25) is 0 Å². The lowest BCUT2D eigenvalue weighted by Crippen LogP contribution is -2.53. The van der Waals surface area contributed by atoms with Crippen LogP contribution in [0.5, 0.6) is 5.75 Å². The van der Waals surface area contributed by atoms with Crippen LogP contribution < -0.4 is 19.7 Å². The quantitative estimate of drug-likeness (QED) is 0.131. The second-order valence-electron chi connectivity index (χ2n) is 13.2. The van der Waals surface area contributed by atoms with Crippen molar-refractivity contribution in [2.24, 2.45) is 0 Å². The Bertz CT molecular complexity index is 1630. The number of para-hydroxylation sites is 1. The van der Waals surface area contributed by atoms with E-state index in [-0.39, 0.29) is 10.6 Å². The lowest BCUT2D eigenvalue weighted by molar-refractivity contribution is -0.159. The van der Waals surface area contributed by atoms with Crippen LogP contribution in [0.4, 0.5) is 11.4 Å². The first kappa shape index (κ1) is 37.3. The molecular weight excluding hydrogens is 647 g/mol. The number of hydrogen-bond donors (Lipinski definition) is 2. The Hall–Kier alpha value is -3.54. The summed E-state index contributed by atoms with van der Waals surface area (Å²) in [5.74, 6) is -0.885. The summed E-state index contributed by atoms with van der Waals surface area (Å²) in [6, 6.07) is 21.0. The van der Waals surface area contributed by atoms with Crippen LogP contribution in [0, 0.1) is 0 Å². The lowest BCUT2D eigenvalue weighted by Gasteiger charge is -2.37. The fraction of sp³-hybridized carbons (Fsp3) is 0.459. The molecule has 0 spiro atoms. The van der Waals surface area contributed by atoms with E-state index in [4.69, 9.17) is 9.47 Å². The number of anilines is 2. The van der Waals surface area contributed by atoms with E-state index in [0.717, 1.165) is 31.4 Å². The van der Waals surface area contributed by atoms with E-state index in [2.05, 4.69) is 28.8 Å². The van der Waals surface area contributed by atoms with E-state index in [1.165, 1.54) is 17.8 Å². The monoisotopic (exact) mass is 695 g/mol. The minimum Gasteiger partial charge on any atom is -0.483 e. The number of rotatable bonds is 14. The molecule has 4 rings (SSSR count). The summed E-state index contributed by atoms with van der Waals surface area (Å²) < 4.78 is 43.3.